The number of pyridine rings is 2. The van der Waals surface area contributed by atoms with E-state index in [9.17, 15) is 0 Å². The number of hydrogen-bond donors (Lipinski definition) is 0. The van der Waals surface area contributed by atoms with Gasteiger partial charge in [0.1, 0.15) is 12.9 Å². The molecule has 0 aliphatic heterocycles. The van der Waals surface area contributed by atoms with Crippen molar-refractivity contribution in [1.29, 1.82) is 0 Å². The molecule has 0 atom stereocenters. The van der Waals surface area contributed by atoms with Crippen LogP contribution in [-0.2, 0) is 7.05 Å². The van der Waals surface area contributed by atoms with Gasteiger partial charge in [-0.25, -0.2) is 8.96 Å². The molecule has 3 heteroatoms. The molecule has 0 N–H and O–H groups in total. The molecule has 0 radical (unpaired) electrons. The summed E-state index contributed by atoms with van der Waals surface area (Å²) in [5, 5.41) is 5.63. The van der Waals surface area contributed by atoms with Crippen LogP contribution in [0.5, 0.6) is 0 Å². The van der Waals surface area contributed by atoms with Crippen LogP contribution in [0.15, 0.2) is 54.7 Å². The molecule has 0 bridgehead atoms. The third-order valence-corrected chi connectivity index (χ3v) is 6.17. The number of nitrogens with zero attached hydrogens (tertiary/aromatic N) is 2. The van der Waals surface area contributed by atoms with Crippen molar-refractivity contribution in [1.82, 2.24) is 4.40 Å². The Hall–Kier alpha value is -3.20. The molecule has 27 heavy (non-hydrogen) atoms. The van der Waals surface area contributed by atoms with Gasteiger partial charge in [-0.3, -0.25) is 0 Å². The first kappa shape index (κ1) is 14.9. The van der Waals surface area contributed by atoms with Crippen molar-refractivity contribution in [3.05, 3.63) is 71.7 Å². The van der Waals surface area contributed by atoms with Gasteiger partial charge in [0.05, 0.1) is 27.3 Å². The molecule has 0 spiro atoms. The van der Waals surface area contributed by atoms with Crippen LogP contribution in [0.4, 0.5) is 4.39 Å². The first-order valence-electron chi connectivity index (χ1n) is 9.23. The molecule has 6 aromatic rings. The highest BCUT2D eigenvalue weighted by Gasteiger charge is 2.25. The zero-order chi connectivity index (χ0) is 18.4. The molecule has 0 unspecified atom stereocenters. The number of rotatable bonds is 0. The van der Waals surface area contributed by atoms with Crippen molar-refractivity contribution in [2.45, 2.75) is 13.8 Å². The Morgan fingerprint density at radius 1 is 0.889 bits per heavy atom. The second-order valence-electron chi connectivity index (χ2n) is 7.58. The van der Waals surface area contributed by atoms with E-state index < -0.39 is 0 Å². The number of para-hydroxylation sites is 1. The van der Waals surface area contributed by atoms with E-state index in [1.807, 2.05) is 12.1 Å². The maximum absolute atomic E-state index is 15.2. The summed E-state index contributed by atoms with van der Waals surface area (Å²) in [5.74, 6) is -0.179. The summed E-state index contributed by atoms with van der Waals surface area (Å²) < 4.78 is 19.5. The first-order chi connectivity index (χ1) is 13.1. The summed E-state index contributed by atoms with van der Waals surface area (Å²) in [6.07, 6.45) is 2.07. The molecular weight excluding hydrogens is 335 g/mol. The van der Waals surface area contributed by atoms with Gasteiger partial charge in [-0.05, 0) is 48.6 Å². The SMILES string of the molecule is Cc1cc2c3ccccc3n3c4c(F)ccc5cc[n+](C)c(c(c1C)c23)c54. The summed E-state index contributed by atoms with van der Waals surface area (Å²) >= 11 is 0. The number of hydrogen-bond acceptors (Lipinski definition) is 0. The zero-order valence-electron chi connectivity index (χ0n) is 15.5. The average Bonchev–Trinajstić information content (AvgIpc) is 2.99. The Bertz CT molecular complexity index is 1550. The molecular formula is C24H18FN2+. The van der Waals surface area contributed by atoms with E-state index in [4.69, 9.17) is 0 Å². The molecule has 6 rings (SSSR count). The lowest BCUT2D eigenvalue weighted by Crippen LogP contribution is -2.29. The molecule has 0 aliphatic rings. The van der Waals surface area contributed by atoms with Crippen LogP contribution in [-0.4, -0.2) is 4.40 Å². The van der Waals surface area contributed by atoms with Gasteiger partial charge in [0, 0.05) is 16.8 Å². The van der Waals surface area contributed by atoms with Gasteiger partial charge in [0.15, 0.2) is 6.20 Å². The van der Waals surface area contributed by atoms with E-state index in [0.717, 1.165) is 27.3 Å². The summed E-state index contributed by atoms with van der Waals surface area (Å²) in [4.78, 5) is 0. The van der Waals surface area contributed by atoms with Crippen molar-refractivity contribution in [3.63, 3.8) is 0 Å². The van der Waals surface area contributed by atoms with Crippen molar-refractivity contribution < 1.29 is 8.96 Å². The monoisotopic (exact) mass is 353 g/mol. The number of aromatic nitrogens is 2. The lowest BCUT2D eigenvalue weighted by Gasteiger charge is -2.14. The van der Waals surface area contributed by atoms with Gasteiger partial charge in [0.2, 0.25) is 5.52 Å². The van der Waals surface area contributed by atoms with Crippen LogP contribution >= 0.6 is 0 Å². The maximum atomic E-state index is 15.2. The maximum Gasteiger partial charge on any atom is 0.224 e. The number of halogens is 1. The van der Waals surface area contributed by atoms with Crippen molar-refractivity contribution >= 4 is 49.0 Å². The van der Waals surface area contributed by atoms with E-state index in [-0.39, 0.29) is 5.82 Å². The minimum absolute atomic E-state index is 0.179. The fourth-order valence-corrected chi connectivity index (χ4v) is 4.81. The van der Waals surface area contributed by atoms with Crippen LogP contribution in [0.3, 0.4) is 0 Å². The van der Waals surface area contributed by atoms with Gasteiger partial charge in [0.25, 0.3) is 0 Å². The summed E-state index contributed by atoms with van der Waals surface area (Å²) in [7, 11) is 2.05. The summed E-state index contributed by atoms with van der Waals surface area (Å²) in [6.45, 7) is 4.34. The van der Waals surface area contributed by atoms with E-state index >= 15 is 4.39 Å². The van der Waals surface area contributed by atoms with Crippen molar-refractivity contribution in [2.24, 2.45) is 7.05 Å². The third-order valence-electron chi connectivity index (χ3n) is 6.17. The summed E-state index contributed by atoms with van der Waals surface area (Å²) in [5.41, 5.74) is 6.45. The number of aryl methyl sites for hydroxylation is 3. The zero-order valence-corrected chi connectivity index (χ0v) is 15.5. The van der Waals surface area contributed by atoms with Gasteiger partial charge < -0.3 is 4.40 Å². The topological polar surface area (TPSA) is 8.29 Å². The van der Waals surface area contributed by atoms with Crippen LogP contribution in [0.2, 0.25) is 0 Å². The molecule has 0 aliphatic carbocycles. The predicted molar refractivity (Wildman–Crippen MR) is 109 cm³/mol. The Morgan fingerprint density at radius 3 is 2.56 bits per heavy atom. The minimum atomic E-state index is -0.179. The van der Waals surface area contributed by atoms with Gasteiger partial charge in [-0.15, -0.1) is 0 Å². The second-order valence-corrected chi connectivity index (χ2v) is 7.58. The van der Waals surface area contributed by atoms with Crippen molar-refractivity contribution in [3.8, 4) is 0 Å². The smallest absolute Gasteiger partial charge is 0.224 e. The third kappa shape index (κ3) is 1.63. The van der Waals surface area contributed by atoms with E-state index in [1.54, 1.807) is 6.07 Å². The molecule has 2 nitrogen and oxygen atoms in total. The fourth-order valence-electron chi connectivity index (χ4n) is 4.81. The normalized spacial score (nSPS) is 12.4. The van der Waals surface area contributed by atoms with Crippen molar-refractivity contribution in [2.75, 3.05) is 0 Å². The van der Waals surface area contributed by atoms with E-state index in [0.29, 0.717) is 5.52 Å². The molecule has 0 amide bonds. The molecule has 3 aromatic heterocycles. The summed E-state index contributed by atoms with van der Waals surface area (Å²) in [6, 6.07) is 16.1. The molecule has 3 aromatic carbocycles. The van der Waals surface area contributed by atoms with Crippen LogP contribution < -0.4 is 4.57 Å². The van der Waals surface area contributed by atoms with Crippen LogP contribution in [0.1, 0.15) is 11.1 Å². The van der Waals surface area contributed by atoms with Crippen LogP contribution in [0.25, 0.3) is 49.0 Å². The fraction of sp³-hybridized carbons (Fsp3) is 0.125. The Balaban J connectivity index is 2.20. The predicted octanol–water partition coefficient (Wildman–Crippen LogP) is 5.57. The first-order valence-corrected chi connectivity index (χ1v) is 9.23. The lowest BCUT2D eigenvalue weighted by atomic mass is 9.96. The molecule has 0 fully saturated rings. The highest BCUT2D eigenvalue weighted by atomic mass is 19.1. The molecule has 0 saturated carbocycles. The number of fused-ring (bicyclic) bond motifs is 5. The number of benzene rings is 3. The lowest BCUT2D eigenvalue weighted by molar-refractivity contribution is -0.643. The largest absolute Gasteiger partial charge is 0.305 e. The average molecular weight is 353 g/mol. The molecule has 0 saturated heterocycles. The molecule has 130 valence electrons. The Kier molecular flexibility index (Phi) is 2.62. The van der Waals surface area contributed by atoms with E-state index in [2.05, 4.69) is 66.4 Å². The van der Waals surface area contributed by atoms with Gasteiger partial charge in [-0.1, -0.05) is 24.3 Å². The Morgan fingerprint density at radius 2 is 1.70 bits per heavy atom. The van der Waals surface area contributed by atoms with Gasteiger partial charge >= 0.3 is 0 Å². The second kappa shape index (κ2) is 4.74. The molecule has 3 heterocycles. The standard InChI is InChI=1S/C24H18FN2/c1-13-12-17-16-6-4-5-7-19(16)27-22(17)20(14(13)2)24-21-15(10-11-26(24)3)8-9-18(25)23(21)27/h4-12H,1-3H3/q+1. The highest BCUT2D eigenvalue weighted by molar-refractivity contribution is 6.26. The quantitative estimate of drug-likeness (QED) is 0.192. The van der Waals surface area contributed by atoms with Crippen LogP contribution in [0, 0.1) is 19.7 Å². The van der Waals surface area contributed by atoms with Gasteiger partial charge in [-0.2, -0.15) is 0 Å². The minimum Gasteiger partial charge on any atom is -0.305 e. The Labute approximate surface area is 155 Å². The van der Waals surface area contributed by atoms with E-state index in [1.165, 1.54) is 27.3 Å². The highest BCUT2D eigenvalue weighted by Crippen LogP contribution is 2.41.